The summed E-state index contributed by atoms with van der Waals surface area (Å²) < 4.78 is 0. The van der Waals surface area contributed by atoms with E-state index >= 15 is 0 Å². The Morgan fingerprint density at radius 3 is 2.48 bits per heavy atom. The van der Waals surface area contributed by atoms with Crippen LogP contribution < -0.4 is 10.6 Å². The molecule has 0 saturated carbocycles. The first kappa shape index (κ1) is 20.7. The van der Waals surface area contributed by atoms with E-state index in [4.69, 9.17) is 0 Å². The molecular weight excluding hydrogens is 413 g/mol. The minimum Gasteiger partial charge on any atom is -0.356 e. The summed E-state index contributed by atoms with van der Waals surface area (Å²) >= 11 is 3.71. The van der Waals surface area contributed by atoms with Gasteiger partial charge in [-0.3, -0.25) is 4.99 Å². The molecule has 0 spiro atoms. The van der Waals surface area contributed by atoms with E-state index in [2.05, 4.69) is 46.5 Å². The second-order valence-corrected chi connectivity index (χ2v) is 6.27. The molecule has 1 aromatic rings. The van der Waals surface area contributed by atoms with Crippen LogP contribution in [-0.2, 0) is 0 Å². The molecule has 1 aromatic carbocycles. The number of rotatable bonds is 9. The molecule has 0 fully saturated rings. The molecule has 0 saturated heterocycles. The number of nitrogens with one attached hydrogen (secondary N) is 2. The Kier molecular flexibility index (Phi) is 14.4. The van der Waals surface area contributed by atoms with Crippen LogP contribution in [-0.4, -0.2) is 43.4 Å². The van der Waals surface area contributed by atoms with Crippen LogP contribution in [0.3, 0.4) is 0 Å². The molecule has 6 heteroatoms. The van der Waals surface area contributed by atoms with Crippen LogP contribution in [0.25, 0.3) is 0 Å². The lowest BCUT2D eigenvalue weighted by atomic mass is 10.4. The Morgan fingerprint density at radius 2 is 1.86 bits per heavy atom. The van der Waals surface area contributed by atoms with E-state index in [1.54, 1.807) is 7.05 Å². The molecule has 3 nitrogen and oxygen atoms in total. The van der Waals surface area contributed by atoms with Crippen molar-refractivity contribution in [2.45, 2.75) is 4.90 Å². The van der Waals surface area contributed by atoms with E-state index in [9.17, 15) is 0 Å². The SMILES string of the molecule is C=CCSCCNC(=NC)NCCSc1ccccc1.I. The van der Waals surface area contributed by atoms with Crippen LogP contribution in [0.4, 0.5) is 0 Å². The minimum absolute atomic E-state index is 0. The van der Waals surface area contributed by atoms with Crippen molar-refractivity contribution in [2.75, 3.05) is 37.4 Å². The smallest absolute Gasteiger partial charge is 0.191 e. The summed E-state index contributed by atoms with van der Waals surface area (Å²) in [5.74, 6) is 3.96. The van der Waals surface area contributed by atoms with Crippen LogP contribution in [0.15, 0.2) is 52.9 Å². The van der Waals surface area contributed by atoms with Crippen molar-refractivity contribution in [1.82, 2.24) is 10.6 Å². The number of hydrogen-bond donors (Lipinski definition) is 2. The number of nitrogens with zero attached hydrogens (tertiary/aromatic N) is 1. The fraction of sp³-hybridized carbons (Fsp3) is 0.400. The molecular formula is C15H24IN3S2. The molecule has 1 rings (SSSR count). The van der Waals surface area contributed by atoms with E-state index in [-0.39, 0.29) is 24.0 Å². The highest BCUT2D eigenvalue weighted by atomic mass is 127. The van der Waals surface area contributed by atoms with Gasteiger partial charge in [0.15, 0.2) is 5.96 Å². The fourth-order valence-electron chi connectivity index (χ4n) is 1.48. The van der Waals surface area contributed by atoms with Gasteiger partial charge in [0.25, 0.3) is 0 Å². The van der Waals surface area contributed by atoms with Gasteiger partial charge in [0.05, 0.1) is 0 Å². The van der Waals surface area contributed by atoms with Gasteiger partial charge in [-0.25, -0.2) is 0 Å². The molecule has 0 aliphatic rings. The van der Waals surface area contributed by atoms with Crippen LogP contribution >= 0.6 is 47.5 Å². The largest absolute Gasteiger partial charge is 0.356 e. The van der Waals surface area contributed by atoms with Crippen molar-refractivity contribution in [3.8, 4) is 0 Å². The lowest BCUT2D eigenvalue weighted by Crippen LogP contribution is -2.39. The van der Waals surface area contributed by atoms with Gasteiger partial charge >= 0.3 is 0 Å². The summed E-state index contributed by atoms with van der Waals surface area (Å²) in [7, 11) is 1.80. The predicted molar refractivity (Wildman–Crippen MR) is 109 cm³/mol. The van der Waals surface area contributed by atoms with Gasteiger partial charge < -0.3 is 10.6 Å². The monoisotopic (exact) mass is 437 g/mol. The maximum absolute atomic E-state index is 4.21. The van der Waals surface area contributed by atoms with E-state index in [0.29, 0.717) is 0 Å². The molecule has 0 heterocycles. The van der Waals surface area contributed by atoms with Crippen molar-refractivity contribution in [2.24, 2.45) is 4.99 Å². The quantitative estimate of drug-likeness (QED) is 0.155. The van der Waals surface area contributed by atoms with Gasteiger partial charge in [0, 0.05) is 42.3 Å². The number of aliphatic imine (C=N–C) groups is 1. The summed E-state index contributed by atoms with van der Waals surface area (Å²) in [4.78, 5) is 5.51. The number of guanidine groups is 1. The van der Waals surface area contributed by atoms with Crippen LogP contribution in [0.1, 0.15) is 0 Å². The highest BCUT2D eigenvalue weighted by molar-refractivity contribution is 14.0. The van der Waals surface area contributed by atoms with Crippen molar-refractivity contribution < 1.29 is 0 Å². The lowest BCUT2D eigenvalue weighted by Gasteiger charge is -2.11. The standard InChI is InChI=1S/C15H23N3S2.HI/c1-3-11-19-12-9-17-15(16-2)18-10-13-20-14-7-5-4-6-8-14;/h3-8H,1,9-13H2,2H3,(H2,16,17,18);1H. The molecule has 2 N–H and O–H groups in total. The van der Waals surface area contributed by atoms with Gasteiger partial charge in [0.1, 0.15) is 0 Å². The zero-order valence-electron chi connectivity index (χ0n) is 12.4. The van der Waals surface area contributed by atoms with E-state index in [0.717, 1.165) is 36.3 Å². The number of halogens is 1. The van der Waals surface area contributed by atoms with Crippen molar-refractivity contribution in [3.05, 3.63) is 43.0 Å². The second-order valence-electron chi connectivity index (χ2n) is 3.95. The van der Waals surface area contributed by atoms with Gasteiger partial charge in [0.2, 0.25) is 0 Å². The molecule has 118 valence electrons. The number of hydrogen-bond acceptors (Lipinski definition) is 3. The Labute approximate surface area is 153 Å². The summed E-state index contributed by atoms with van der Waals surface area (Å²) in [6, 6.07) is 10.4. The molecule has 0 bridgehead atoms. The average molecular weight is 437 g/mol. The Hall–Kier alpha value is -0.340. The normalized spacial score (nSPS) is 10.6. The Bertz CT molecular complexity index is 399. The second kappa shape index (κ2) is 14.6. The first-order valence-corrected chi connectivity index (χ1v) is 8.82. The molecule has 0 aliphatic heterocycles. The zero-order chi connectivity index (χ0) is 14.5. The first-order chi connectivity index (χ1) is 9.86. The van der Waals surface area contributed by atoms with Crippen molar-refractivity contribution in [3.63, 3.8) is 0 Å². The third-order valence-corrected chi connectivity index (χ3v) is 4.38. The van der Waals surface area contributed by atoms with E-state index in [1.807, 2.05) is 35.7 Å². The van der Waals surface area contributed by atoms with Crippen LogP contribution in [0.5, 0.6) is 0 Å². The molecule has 21 heavy (non-hydrogen) atoms. The Balaban J connectivity index is 0.00000400. The van der Waals surface area contributed by atoms with Gasteiger partial charge in [-0.15, -0.1) is 42.3 Å². The van der Waals surface area contributed by atoms with Crippen LogP contribution in [0, 0.1) is 0 Å². The maximum atomic E-state index is 4.21. The lowest BCUT2D eigenvalue weighted by molar-refractivity contribution is 0.864. The number of thioether (sulfide) groups is 2. The summed E-state index contributed by atoms with van der Waals surface area (Å²) in [6.45, 7) is 5.53. The van der Waals surface area contributed by atoms with Gasteiger partial charge in [-0.1, -0.05) is 24.3 Å². The van der Waals surface area contributed by atoms with E-state index < -0.39 is 0 Å². The van der Waals surface area contributed by atoms with Crippen molar-refractivity contribution in [1.29, 1.82) is 0 Å². The highest BCUT2D eigenvalue weighted by Crippen LogP contribution is 2.15. The summed E-state index contributed by atoms with van der Waals surface area (Å²) in [6.07, 6.45) is 1.93. The predicted octanol–water partition coefficient (Wildman–Crippen LogP) is 3.48. The molecule has 0 radical (unpaired) electrons. The summed E-state index contributed by atoms with van der Waals surface area (Å²) in [5, 5.41) is 6.62. The molecule has 0 unspecified atom stereocenters. The van der Waals surface area contributed by atoms with Crippen LogP contribution in [0.2, 0.25) is 0 Å². The molecule has 0 aliphatic carbocycles. The highest BCUT2D eigenvalue weighted by Gasteiger charge is 1.97. The average Bonchev–Trinajstić information content (AvgIpc) is 2.50. The minimum atomic E-state index is 0. The Morgan fingerprint density at radius 1 is 1.19 bits per heavy atom. The number of benzene rings is 1. The third kappa shape index (κ3) is 11.0. The third-order valence-electron chi connectivity index (χ3n) is 2.40. The van der Waals surface area contributed by atoms with Gasteiger partial charge in [-0.05, 0) is 12.1 Å². The molecule has 0 atom stereocenters. The first-order valence-electron chi connectivity index (χ1n) is 6.68. The van der Waals surface area contributed by atoms with Crippen molar-refractivity contribution >= 4 is 53.5 Å². The molecule has 0 amide bonds. The van der Waals surface area contributed by atoms with E-state index in [1.165, 1.54) is 4.90 Å². The molecule has 0 aromatic heterocycles. The van der Waals surface area contributed by atoms with Gasteiger partial charge in [-0.2, -0.15) is 11.8 Å². The summed E-state index contributed by atoms with van der Waals surface area (Å²) in [5.41, 5.74) is 0. The maximum Gasteiger partial charge on any atom is 0.191 e. The topological polar surface area (TPSA) is 36.4 Å². The fourth-order valence-corrected chi connectivity index (χ4v) is 2.85. The zero-order valence-corrected chi connectivity index (χ0v) is 16.3.